The zero-order valence-electron chi connectivity index (χ0n) is 14.4. The lowest BCUT2D eigenvalue weighted by molar-refractivity contribution is -0.126. The number of carbonyl (C=O) groups excluding carboxylic acids is 2. The number of hydrazone groups is 1. The number of carbonyl (C=O) groups is 2. The van der Waals surface area contributed by atoms with Crippen molar-refractivity contribution in [2.45, 2.75) is 26.7 Å². The topological polar surface area (TPSA) is 61.8 Å². The third-order valence-corrected chi connectivity index (χ3v) is 5.22. The normalized spacial score (nSPS) is 17.4. The zero-order chi connectivity index (χ0) is 17.8. The Morgan fingerprint density at radius 1 is 1.32 bits per heavy atom. The van der Waals surface area contributed by atoms with Crippen LogP contribution < -0.4 is 10.3 Å². The molecule has 1 aromatic heterocycles. The van der Waals surface area contributed by atoms with Crippen LogP contribution in [0.3, 0.4) is 0 Å². The van der Waals surface area contributed by atoms with Gasteiger partial charge in [-0.2, -0.15) is 5.10 Å². The highest BCUT2D eigenvalue weighted by molar-refractivity contribution is 7.13. The first kappa shape index (κ1) is 17.4. The van der Waals surface area contributed by atoms with Crippen LogP contribution in [0.5, 0.6) is 0 Å². The van der Waals surface area contributed by atoms with Gasteiger partial charge in [-0.25, -0.2) is 5.43 Å². The monoisotopic (exact) mass is 355 g/mol. The van der Waals surface area contributed by atoms with Gasteiger partial charge in [0.05, 0.1) is 12.1 Å². The van der Waals surface area contributed by atoms with E-state index < -0.39 is 0 Å². The second-order valence-corrected chi connectivity index (χ2v) is 7.43. The number of benzene rings is 1. The van der Waals surface area contributed by atoms with Crippen LogP contribution in [0.25, 0.3) is 0 Å². The quantitative estimate of drug-likeness (QED) is 0.662. The third-order valence-electron chi connectivity index (χ3n) is 4.28. The largest absolute Gasteiger partial charge is 0.312 e. The highest BCUT2D eigenvalue weighted by Gasteiger charge is 2.35. The van der Waals surface area contributed by atoms with Gasteiger partial charge in [-0.3, -0.25) is 9.59 Å². The van der Waals surface area contributed by atoms with E-state index in [4.69, 9.17) is 0 Å². The third kappa shape index (κ3) is 4.14. The Labute approximate surface area is 151 Å². The number of nitrogens with zero attached hydrogens (tertiary/aromatic N) is 2. The first-order valence-electron chi connectivity index (χ1n) is 8.35. The van der Waals surface area contributed by atoms with E-state index >= 15 is 0 Å². The molecule has 2 heterocycles. The van der Waals surface area contributed by atoms with E-state index in [0.29, 0.717) is 6.54 Å². The van der Waals surface area contributed by atoms with Gasteiger partial charge >= 0.3 is 0 Å². The molecule has 2 aromatic rings. The van der Waals surface area contributed by atoms with Crippen LogP contribution in [0, 0.1) is 12.8 Å². The van der Waals surface area contributed by atoms with Crippen molar-refractivity contribution in [3.8, 4) is 0 Å². The van der Waals surface area contributed by atoms with Crippen LogP contribution in [-0.2, 0) is 16.0 Å². The summed E-state index contributed by atoms with van der Waals surface area (Å²) in [5, 5.41) is 4.00. The Morgan fingerprint density at radius 3 is 2.72 bits per heavy atom. The molecule has 0 unspecified atom stereocenters. The van der Waals surface area contributed by atoms with E-state index in [9.17, 15) is 9.59 Å². The van der Waals surface area contributed by atoms with Crippen LogP contribution in [-0.4, -0.2) is 24.6 Å². The summed E-state index contributed by atoms with van der Waals surface area (Å²) in [7, 11) is 0. The highest BCUT2D eigenvalue weighted by Crippen LogP contribution is 2.25. The summed E-state index contributed by atoms with van der Waals surface area (Å²) in [5.41, 5.74) is 4.62. The maximum atomic E-state index is 12.3. The van der Waals surface area contributed by atoms with Gasteiger partial charge in [0, 0.05) is 28.4 Å². The summed E-state index contributed by atoms with van der Waals surface area (Å²) >= 11 is 1.61. The molecule has 0 spiro atoms. The van der Waals surface area contributed by atoms with Crippen molar-refractivity contribution in [1.29, 1.82) is 0 Å². The van der Waals surface area contributed by atoms with Crippen LogP contribution in [0.4, 0.5) is 5.69 Å². The number of aryl methyl sites for hydroxylation is 2. The lowest BCUT2D eigenvalue weighted by atomic mass is 10.1. The fourth-order valence-electron chi connectivity index (χ4n) is 2.82. The Bertz CT molecular complexity index is 795. The van der Waals surface area contributed by atoms with Crippen LogP contribution >= 0.6 is 11.3 Å². The summed E-state index contributed by atoms with van der Waals surface area (Å²) in [5.74, 6) is -0.617. The van der Waals surface area contributed by atoms with E-state index in [-0.39, 0.29) is 24.2 Å². The summed E-state index contributed by atoms with van der Waals surface area (Å²) < 4.78 is 0. The van der Waals surface area contributed by atoms with Crippen molar-refractivity contribution in [3.63, 3.8) is 0 Å². The second kappa shape index (κ2) is 7.61. The first-order chi connectivity index (χ1) is 12.1. The van der Waals surface area contributed by atoms with Gasteiger partial charge in [0.25, 0.3) is 0 Å². The second-order valence-electron chi connectivity index (χ2n) is 6.11. The van der Waals surface area contributed by atoms with E-state index in [2.05, 4.69) is 17.5 Å². The van der Waals surface area contributed by atoms with Crippen LogP contribution in [0.1, 0.15) is 28.7 Å². The van der Waals surface area contributed by atoms with E-state index in [1.54, 1.807) is 22.5 Å². The van der Waals surface area contributed by atoms with Gasteiger partial charge < -0.3 is 4.90 Å². The smallest absolute Gasteiger partial charge is 0.245 e. The molecule has 5 nitrogen and oxygen atoms in total. The maximum absolute atomic E-state index is 12.3. The van der Waals surface area contributed by atoms with Gasteiger partial charge in [0.2, 0.25) is 11.8 Å². The van der Waals surface area contributed by atoms with Gasteiger partial charge in [-0.15, -0.1) is 11.3 Å². The minimum absolute atomic E-state index is 0.0257. The van der Waals surface area contributed by atoms with Crippen molar-refractivity contribution in [3.05, 3.63) is 51.7 Å². The molecule has 6 heteroatoms. The molecule has 0 radical (unpaired) electrons. The lowest BCUT2D eigenvalue weighted by Gasteiger charge is -2.16. The van der Waals surface area contributed by atoms with Gasteiger partial charge in [0.1, 0.15) is 0 Å². The van der Waals surface area contributed by atoms with E-state index in [1.807, 2.05) is 43.3 Å². The number of nitrogens with one attached hydrogen (secondary N) is 1. The minimum Gasteiger partial charge on any atom is -0.312 e. The average molecular weight is 355 g/mol. The molecule has 1 atom stereocenters. The van der Waals surface area contributed by atoms with E-state index in [1.165, 1.54) is 10.4 Å². The minimum atomic E-state index is -0.374. The van der Waals surface area contributed by atoms with Crippen molar-refractivity contribution >= 4 is 35.1 Å². The predicted molar refractivity (Wildman–Crippen MR) is 101 cm³/mol. The molecule has 1 saturated heterocycles. The number of thiophene rings is 1. The molecule has 25 heavy (non-hydrogen) atoms. The van der Waals surface area contributed by atoms with Gasteiger partial charge in [-0.1, -0.05) is 19.1 Å². The van der Waals surface area contributed by atoms with Gasteiger partial charge in [0.15, 0.2) is 0 Å². The number of hydrogen-bond acceptors (Lipinski definition) is 4. The average Bonchev–Trinajstić information content (AvgIpc) is 3.20. The molecule has 2 amide bonds. The molecule has 1 aliphatic heterocycles. The Balaban J connectivity index is 1.59. The van der Waals surface area contributed by atoms with Gasteiger partial charge in [-0.05, 0) is 43.2 Å². The predicted octanol–water partition coefficient (Wildman–Crippen LogP) is 3.12. The van der Waals surface area contributed by atoms with E-state index in [0.717, 1.165) is 17.0 Å². The number of amides is 2. The zero-order valence-corrected chi connectivity index (χ0v) is 15.2. The molecule has 1 aliphatic rings. The Morgan fingerprint density at radius 2 is 2.08 bits per heavy atom. The number of rotatable bonds is 5. The van der Waals surface area contributed by atoms with Crippen molar-refractivity contribution < 1.29 is 9.59 Å². The molecule has 130 valence electrons. The molecular weight excluding hydrogens is 334 g/mol. The first-order valence-corrected chi connectivity index (χ1v) is 9.17. The fourth-order valence-corrected chi connectivity index (χ4v) is 3.57. The summed E-state index contributed by atoms with van der Waals surface area (Å²) in [4.78, 5) is 28.4. The summed E-state index contributed by atoms with van der Waals surface area (Å²) in [6.45, 7) is 4.50. The van der Waals surface area contributed by atoms with Crippen molar-refractivity contribution in [2.24, 2.45) is 11.0 Å². The molecule has 1 fully saturated rings. The number of hydrogen-bond donors (Lipinski definition) is 1. The summed E-state index contributed by atoms with van der Waals surface area (Å²) in [6.07, 6.45) is 2.81. The van der Waals surface area contributed by atoms with Crippen molar-refractivity contribution in [2.75, 3.05) is 11.4 Å². The maximum Gasteiger partial charge on any atom is 0.245 e. The molecule has 3 rings (SSSR count). The SMILES string of the molecule is CCc1ccc(N2C[C@@H](C(=O)N/N=C\c3ccc(C)s3)CC2=O)cc1. The Hall–Kier alpha value is -2.47. The molecule has 0 bridgehead atoms. The molecule has 1 aromatic carbocycles. The Kier molecular flexibility index (Phi) is 5.28. The molecule has 0 aliphatic carbocycles. The molecule has 1 N–H and O–H groups in total. The highest BCUT2D eigenvalue weighted by atomic mass is 32.1. The van der Waals surface area contributed by atoms with Crippen molar-refractivity contribution in [1.82, 2.24) is 5.43 Å². The fraction of sp³-hybridized carbons (Fsp3) is 0.316. The van der Waals surface area contributed by atoms with Crippen LogP contribution in [0.2, 0.25) is 0 Å². The van der Waals surface area contributed by atoms with Crippen LogP contribution in [0.15, 0.2) is 41.5 Å². The summed E-state index contributed by atoms with van der Waals surface area (Å²) in [6, 6.07) is 11.9. The number of anilines is 1. The standard InChI is InChI=1S/C19H21N3O2S/c1-3-14-5-7-16(8-6-14)22-12-15(10-18(22)23)19(24)21-20-11-17-9-4-13(2)25-17/h4-9,11,15H,3,10,12H2,1-2H3,(H,21,24)/b20-11-/t15-/m0/s1. The molecular formula is C19H21N3O2S. The lowest BCUT2D eigenvalue weighted by Crippen LogP contribution is -2.30. The molecule has 0 saturated carbocycles.